The summed E-state index contributed by atoms with van der Waals surface area (Å²) in [6.07, 6.45) is 5.28. The predicted molar refractivity (Wildman–Crippen MR) is 77.0 cm³/mol. The minimum Gasteiger partial charge on any atom is -0.326 e. The summed E-state index contributed by atoms with van der Waals surface area (Å²) < 4.78 is 0. The fraction of sp³-hybridized carbons (Fsp3) is 0.438. The molecule has 3 rings (SSSR count). The van der Waals surface area contributed by atoms with E-state index in [1.807, 2.05) is 6.07 Å². The maximum atomic E-state index is 11.6. The van der Waals surface area contributed by atoms with Crippen LogP contribution in [0.3, 0.4) is 0 Å². The summed E-state index contributed by atoms with van der Waals surface area (Å²) in [5.74, 6) is 0.566. The van der Waals surface area contributed by atoms with Gasteiger partial charge in [0.05, 0.1) is 5.54 Å². The smallest absolute Gasteiger partial charge is 0.248 e. The van der Waals surface area contributed by atoms with Crippen molar-refractivity contribution < 1.29 is 0 Å². The molecule has 19 heavy (non-hydrogen) atoms. The minimum absolute atomic E-state index is 0.0445. The maximum Gasteiger partial charge on any atom is 0.248 e. The summed E-state index contributed by atoms with van der Waals surface area (Å²) in [7, 11) is 0. The highest BCUT2D eigenvalue weighted by atomic mass is 16.1. The van der Waals surface area contributed by atoms with E-state index in [9.17, 15) is 4.79 Å². The molecule has 2 aliphatic rings. The third-order valence-corrected chi connectivity index (χ3v) is 4.63. The fourth-order valence-electron chi connectivity index (χ4n) is 3.83. The Kier molecular flexibility index (Phi) is 2.58. The van der Waals surface area contributed by atoms with E-state index in [0.717, 1.165) is 17.7 Å². The van der Waals surface area contributed by atoms with E-state index in [1.165, 1.54) is 11.1 Å². The number of allylic oxidation sites excluding steroid dienone is 2. The second-order valence-corrected chi connectivity index (χ2v) is 5.87. The first kappa shape index (κ1) is 12.4. The van der Waals surface area contributed by atoms with Crippen molar-refractivity contribution in [1.29, 1.82) is 0 Å². The van der Waals surface area contributed by atoms with Gasteiger partial charge in [-0.3, -0.25) is 4.79 Å². The van der Waals surface area contributed by atoms with Gasteiger partial charge in [-0.1, -0.05) is 24.6 Å². The molecule has 0 saturated heterocycles. The molecule has 0 aliphatic heterocycles. The van der Waals surface area contributed by atoms with Crippen molar-refractivity contribution in [2.45, 2.75) is 38.6 Å². The van der Waals surface area contributed by atoms with Crippen molar-refractivity contribution in [3.8, 4) is 0 Å². The van der Waals surface area contributed by atoms with Crippen molar-refractivity contribution in [2.75, 3.05) is 0 Å². The van der Waals surface area contributed by atoms with Crippen LogP contribution in [0.15, 0.2) is 40.2 Å². The number of rotatable bonds is 0. The second-order valence-electron chi connectivity index (χ2n) is 5.87. The Morgan fingerprint density at radius 1 is 1.47 bits per heavy atom. The number of nitrogens with two attached hydrogens (primary N) is 1. The lowest BCUT2D eigenvalue weighted by Gasteiger charge is -2.48. The number of fused-ring (bicyclic) bond motifs is 4. The lowest BCUT2D eigenvalue weighted by atomic mass is 9.60. The highest BCUT2D eigenvalue weighted by Crippen LogP contribution is 2.52. The molecule has 1 unspecified atom stereocenters. The second kappa shape index (κ2) is 3.94. The average molecular weight is 256 g/mol. The van der Waals surface area contributed by atoms with E-state index in [2.05, 4.69) is 37.9 Å². The van der Waals surface area contributed by atoms with Gasteiger partial charge >= 0.3 is 0 Å². The molecule has 1 heterocycles. The van der Waals surface area contributed by atoms with Gasteiger partial charge in [0.2, 0.25) is 5.56 Å². The molecule has 0 spiro atoms. The van der Waals surface area contributed by atoms with Gasteiger partial charge in [0.1, 0.15) is 0 Å². The van der Waals surface area contributed by atoms with Crippen LogP contribution in [-0.4, -0.2) is 4.98 Å². The molecule has 2 aliphatic carbocycles. The summed E-state index contributed by atoms with van der Waals surface area (Å²) in [4.78, 5) is 14.6. The molecule has 0 amide bonds. The lowest BCUT2D eigenvalue weighted by Crippen LogP contribution is -2.49. The molecule has 0 radical (unpaired) electrons. The quantitative estimate of drug-likeness (QED) is 0.701. The van der Waals surface area contributed by atoms with Crippen LogP contribution in [0.25, 0.3) is 0 Å². The van der Waals surface area contributed by atoms with Crippen molar-refractivity contribution in [2.24, 2.45) is 11.7 Å². The van der Waals surface area contributed by atoms with Crippen LogP contribution in [0.4, 0.5) is 0 Å². The molecule has 3 N–H and O–H groups in total. The third kappa shape index (κ3) is 1.58. The Morgan fingerprint density at radius 2 is 2.21 bits per heavy atom. The van der Waals surface area contributed by atoms with E-state index in [1.54, 1.807) is 6.07 Å². The van der Waals surface area contributed by atoms with E-state index < -0.39 is 5.54 Å². The van der Waals surface area contributed by atoms with Crippen LogP contribution < -0.4 is 11.3 Å². The lowest BCUT2D eigenvalue weighted by molar-refractivity contribution is 0.376. The van der Waals surface area contributed by atoms with Gasteiger partial charge < -0.3 is 10.7 Å². The molecule has 100 valence electrons. The van der Waals surface area contributed by atoms with Crippen LogP contribution in [0.2, 0.25) is 0 Å². The molecule has 3 atom stereocenters. The summed E-state index contributed by atoms with van der Waals surface area (Å²) in [5, 5.41) is 0. The minimum atomic E-state index is -0.454. The predicted octanol–water partition coefficient (Wildman–Crippen LogP) is 2.56. The number of hydrogen-bond donors (Lipinski definition) is 2. The van der Waals surface area contributed by atoms with Crippen LogP contribution in [0.5, 0.6) is 0 Å². The molecular weight excluding hydrogens is 236 g/mol. The van der Waals surface area contributed by atoms with Crippen molar-refractivity contribution in [3.05, 3.63) is 57.0 Å². The van der Waals surface area contributed by atoms with Crippen LogP contribution in [0, 0.1) is 5.92 Å². The summed E-state index contributed by atoms with van der Waals surface area (Å²) >= 11 is 0. The first-order chi connectivity index (χ1) is 8.97. The van der Waals surface area contributed by atoms with E-state index in [4.69, 9.17) is 5.73 Å². The normalized spacial score (nSPS) is 34.9. The molecule has 0 fully saturated rings. The molecule has 1 aromatic rings. The Labute approximate surface area is 113 Å². The average Bonchev–Trinajstić information content (AvgIpc) is 2.35. The third-order valence-electron chi connectivity index (χ3n) is 4.63. The van der Waals surface area contributed by atoms with Gasteiger partial charge in [0, 0.05) is 23.6 Å². The molecule has 3 nitrogen and oxygen atoms in total. The molecular formula is C16H20N2O. The van der Waals surface area contributed by atoms with Crippen molar-refractivity contribution in [1.82, 2.24) is 4.98 Å². The molecule has 2 bridgehead atoms. The van der Waals surface area contributed by atoms with Crippen LogP contribution >= 0.6 is 0 Å². The number of pyridine rings is 1. The number of aromatic amines is 1. The van der Waals surface area contributed by atoms with Gasteiger partial charge in [-0.25, -0.2) is 0 Å². The monoisotopic (exact) mass is 256 g/mol. The van der Waals surface area contributed by atoms with Crippen molar-refractivity contribution >= 4 is 0 Å². The van der Waals surface area contributed by atoms with Gasteiger partial charge in [-0.2, -0.15) is 0 Å². The van der Waals surface area contributed by atoms with Gasteiger partial charge in [0.15, 0.2) is 0 Å². The first-order valence-electron chi connectivity index (χ1n) is 6.84. The number of aromatic nitrogens is 1. The number of nitrogens with one attached hydrogen (secondary N) is 1. The number of H-pyrrole nitrogens is 1. The summed E-state index contributed by atoms with van der Waals surface area (Å²) in [5.41, 5.74) is 10.9. The Balaban J connectivity index is 2.34. The Hall–Kier alpha value is -1.61. The zero-order valence-corrected chi connectivity index (χ0v) is 11.7. The largest absolute Gasteiger partial charge is 0.326 e. The van der Waals surface area contributed by atoms with Crippen LogP contribution in [0.1, 0.15) is 44.4 Å². The molecule has 0 saturated carbocycles. The highest BCUT2D eigenvalue weighted by molar-refractivity contribution is 5.50. The van der Waals surface area contributed by atoms with E-state index in [-0.39, 0.29) is 11.5 Å². The summed E-state index contributed by atoms with van der Waals surface area (Å²) in [6, 6.07) is 3.49. The zero-order chi connectivity index (χ0) is 13.8. The summed E-state index contributed by atoms with van der Waals surface area (Å²) in [6.45, 7) is 6.36. The molecule has 3 heteroatoms. The number of hydrogen-bond acceptors (Lipinski definition) is 2. The topological polar surface area (TPSA) is 58.9 Å². The standard InChI is InChI=1S/C16H20N2O/c1-4-12-11-7-9(2)8-16(12,17)13-5-6-14(19)18-15(13)10(11)3/h4-7,10-11H,8,17H2,1-3H3,(H,18,19)/b12-4+/t10?,11-,16+/m0/s1. The molecule has 1 aromatic heterocycles. The Bertz CT molecular complexity index is 653. The van der Waals surface area contributed by atoms with E-state index >= 15 is 0 Å². The van der Waals surface area contributed by atoms with Gasteiger partial charge in [0.25, 0.3) is 0 Å². The van der Waals surface area contributed by atoms with Crippen molar-refractivity contribution in [3.63, 3.8) is 0 Å². The fourth-order valence-corrected chi connectivity index (χ4v) is 3.83. The Morgan fingerprint density at radius 3 is 2.89 bits per heavy atom. The SMILES string of the molecule is C/C=C1\[C@H]2C=C(C)C[C@]1(N)c1ccc(=O)[nH]c1C2C. The van der Waals surface area contributed by atoms with Crippen LogP contribution in [-0.2, 0) is 5.54 Å². The zero-order valence-electron chi connectivity index (χ0n) is 11.7. The highest BCUT2D eigenvalue weighted by Gasteiger charge is 2.46. The first-order valence-corrected chi connectivity index (χ1v) is 6.84. The molecule has 0 aromatic carbocycles. The van der Waals surface area contributed by atoms with E-state index in [0.29, 0.717) is 5.92 Å². The maximum absolute atomic E-state index is 11.6. The van der Waals surface area contributed by atoms with Gasteiger partial charge in [-0.15, -0.1) is 0 Å². The van der Waals surface area contributed by atoms with Gasteiger partial charge in [-0.05, 0) is 37.5 Å².